The van der Waals surface area contributed by atoms with E-state index in [1.165, 1.54) is 12.4 Å². The van der Waals surface area contributed by atoms with Crippen molar-refractivity contribution in [3.8, 4) is 0 Å². The van der Waals surface area contributed by atoms with Gasteiger partial charge in [0.1, 0.15) is 0 Å². The molecule has 41 heavy (non-hydrogen) atoms. The molecule has 2 N–H and O–H groups in total. The van der Waals surface area contributed by atoms with E-state index in [-0.39, 0.29) is 33.9 Å². The third-order valence-electron chi connectivity index (χ3n) is 6.65. The van der Waals surface area contributed by atoms with E-state index in [1.54, 1.807) is 24.3 Å². The number of nitrogens with one attached hydrogen (secondary N) is 1. The van der Waals surface area contributed by atoms with Crippen LogP contribution in [0.3, 0.4) is 0 Å². The highest BCUT2D eigenvalue weighted by molar-refractivity contribution is 6.40. The fourth-order valence-corrected chi connectivity index (χ4v) is 5.07. The molecule has 1 heterocycles. The average molecular weight is 599 g/mol. The first-order chi connectivity index (χ1) is 19.2. The van der Waals surface area contributed by atoms with Crippen molar-refractivity contribution in [2.75, 3.05) is 16.8 Å². The van der Waals surface area contributed by atoms with Gasteiger partial charge in [-0.15, -0.1) is 0 Å². The van der Waals surface area contributed by atoms with E-state index in [2.05, 4.69) is 24.1 Å². The monoisotopic (exact) mass is 597 g/mol. The zero-order chi connectivity index (χ0) is 30.5. The summed E-state index contributed by atoms with van der Waals surface area (Å²) in [6, 6.07) is 12.6. The maximum atomic E-state index is 13.5. The van der Waals surface area contributed by atoms with Crippen molar-refractivity contribution < 1.29 is 19.5 Å². The first-order valence-corrected chi connectivity index (χ1v) is 14.3. The molecule has 0 bridgehead atoms. The predicted octanol–water partition coefficient (Wildman–Crippen LogP) is 7.65. The number of halogens is 2. The number of carbonyl (C=O) groups is 3. The van der Waals surface area contributed by atoms with E-state index in [0.717, 1.165) is 16.8 Å². The number of carboxylic acids is 1. The molecule has 0 saturated carbocycles. The lowest BCUT2D eigenvalue weighted by Crippen LogP contribution is -2.42. The van der Waals surface area contributed by atoms with Crippen LogP contribution < -0.4 is 10.2 Å². The Morgan fingerprint density at radius 1 is 1.00 bits per heavy atom. The van der Waals surface area contributed by atoms with Gasteiger partial charge in [-0.1, -0.05) is 89.0 Å². The van der Waals surface area contributed by atoms with Crippen molar-refractivity contribution in [1.82, 2.24) is 4.98 Å². The first-order valence-electron chi connectivity index (χ1n) is 13.6. The lowest BCUT2D eigenvalue weighted by Gasteiger charge is -2.33. The third-order valence-corrected chi connectivity index (χ3v) is 7.22. The molecule has 218 valence electrons. The van der Waals surface area contributed by atoms with E-state index in [9.17, 15) is 19.5 Å². The summed E-state index contributed by atoms with van der Waals surface area (Å²) in [5.74, 6) is -2.04. The summed E-state index contributed by atoms with van der Waals surface area (Å²) in [5, 5.41) is 13.2. The maximum Gasteiger partial charge on any atom is 0.311 e. The summed E-state index contributed by atoms with van der Waals surface area (Å²) in [7, 11) is 0. The Balaban J connectivity index is 1.89. The second-order valence-electron chi connectivity index (χ2n) is 11.5. The van der Waals surface area contributed by atoms with Crippen LogP contribution in [-0.4, -0.2) is 34.4 Å². The van der Waals surface area contributed by atoms with Gasteiger partial charge in [-0.3, -0.25) is 19.4 Å². The molecule has 9 heteroatoms. The van der Waals surface area contributed by atoms with Gasteiger partial charge < -0.3 is 15.3 Å². The van der Waals surface area contributed by atoms with Crippen molar-refractivity contribution in [2.24, 2.45) is 11.3 Å². The second kappa shape index (κ2) is 13.5. The molecule has 0 fully saturated rings. The highest BCUT2D eigenvalue weighted by Crippen LogP contribution is 2.33. The average Bonchev–Trinajstić information content (AvgIpc) is 2.89. The number of hydrogen-bond donors (Lipinski definition) is 2. The smallest absolute Gasteiger partial charge is 0.311 e. The predicted molar refractivity (Wildman–Crippen MR) is 165 cm³/mol. The first kappa shape index (κ1) is 32.1. The topological polar surface area (TPSA) is 99.6 Å². The van der Waals surface area contributed by atoms with Crippen molar-refractivity contribution >= 4 is 52.4 Å². The van der Waals surface area contributed by atoms with Gasteiger partial charge in [-0.2, -0.15) is 0 Å². The molecule has 3 rings (SSSR count). The summed E-state index contributed by atoms with van der Waals surface area (Å²) in [4.78, 5) is 44.3. The van der Waals surface area contributed by atoms with Crippen LogP contribution in [0.15, 0.2) is 54.9 Å². The Kier molecular flexibility index (Phi) is 10.6. The lowest BCUT2D eigenvalue weighted by atomic mass is 9.89. The van der Waals surface area contributed by atoms with Crippen molar-refractivity contribution in [1.29, 1.82) is 0 Å². The zero-order valence-electron chi connectivity index (χ0n) is 24.3. The van der Waals surface area contributed by atoms with Gasteiger partial charge >= 0.3 is 5.97 Å². The number of aryl methyl sites for hydroxylation is 1. The molecule has 3 aromatic rings. The molecule has 1 aromatic heterocycles. The maximum absolute atomic E-state index is 13.5. The van der Waals surface area contributed by atoms with E-state index >= 15 is 0 Å². The van der Waals surface area contributed by atoms with Crippen LogP contribution in [0.25, 0.3) is 0 Å². The van der Waals surface area contributed by atoms with Crippen LogP contribution in [0.2, 0.25) is 10.0 Å². The van der Waals surface area contributed by atoms with E-state index in [4.69, 9.17) is 23.2 Å². The number of pyridine rings is 1. The number of nitrogens with zero attached hydrogens (tertiary/aromatic N) is 2. The third kappa shape index (κ3) is 8.08. The normalized spacial score (nSPS) is 12.2. The van der Waals surface area contributed by atoms with Gasteiger partial charge in [0.2, 0.25) is 5.91 Å². The van der Waals surface area contributed by atoms with Crippen molar-refractivity contribution in [3.63, 3.8) is 0 Å². The van der Waals surface area contributed by atoms with Crippen molar-refractivity contribution in [3.05, 3.63) is 87.2 Å². The van der Waals surface area contributed by atoms with Crippen LogP contribution in [0.5, 0.6) is 0 Å². The van der Waals surface area contributed by atoms with Crippen LogP contribution in [-0.2, 0) is 22.4 Å². The summed E-state index contributed by atoms with van der Waals surface area (Å²) in [6.07, 6.45) is 3.63. The zero-order valence-corrected chi connectivity index (χ0v) is 25.8. The fraction of sp³-hybridized carbons (Fsp3) is 0.375. The summed E-state index contributed by atoms with van der Waals surface area (Å²) in [5.41, 5.74) is 3.20. The molecule has 1 atom stereocenters. The van der Waals surface area contributed by atoms with E-state index in [0.29, 0.717) is 24.2 Å². The molecule has 0 aliphatic carbocycles. The molecule has 0 aliphatic heterocycles. The molecule has 1 unspecified atom stereocenters. The highest BCUT2D eigenvalue weighted by atomic mass is 35.5. The number of rotatable bonds is 10. The Morgan fingerprint density at radius 2 is 1.61 bits per heavy atom. The number of benzene rings is 2. The number of aromatic nitrogens is 1. The van der Waals surface area contributed by atoms with Gasteiger partial charge in [-0.25, -0.2) is 0 Å². The summed E-state index contributed by atoms with van der Waals surface area (Å²) < 4.78 is 0. The van der Waals surface area contributed by atoms with Crippen LogP contribution >= 0.6 is 23.2 Å². The standard InChI is InChI=1S/C32H37Cl2N3O4/c1-7-21-10-11-22(15-27(21)37(18-19(2)3)31(41)32(4,5)6)24(30(39)40)14-20-8-12-23(13-9-20)36-29(38)28-25(33)16-35-17-26(28)34/h8-13,15-17,19,24H,7,14,18H2,1-6H3,(H,36,38)(H,39,40). The Morgan fingerprint density at radius 3 is 2.12 bits per heavy atom. The minimum atomic E-state index is -0.961. The SMILES string of the molecule is CCc1ccc(C(Cc2ccc(NC(=O)c3c(Cl)cncc3Cl)cc2)C(=O)O)cc1N(CC(C)C)C(=O)C(C)(C)C. The quantitative estimate of drug-likeness (QED) is 0.250. The van der Waals surface area contributed by atoms with E-state index in [1.807, 2.05) is 50.8 Å². The Hall–Kier alpha value is -3.42. The summed E-state index contributed by atoms with van der Waals surface area (Å²) in [6.45, 7) is 12.4. The summed E-state index contributed by atoms with van der Waals surface area (Å²) >= 11 is 12.2. The molecule has 0 spiro atoms. The number of amides is 2. The lowest BCUT2D eigenvalue weighted by molar-refractivity contribution is -0.138. The fourth-order valence-electron chi connectivity index (χ4n) is 4.54. The number of hydrogen-bond acceptors (Lipinski definition) is 4. The number of carboxylic acid groups (broad SMARTS) is 1. The Bertz CT molecular complexity index is 1400. The van der Waals surface area contributed by atoms with Crippen LogP contribution in [0.1, 0.15) is 74.5 Å². The van der Waals surface area contributed by atoms with Gasteiger partial charge in [-0.05, 0) is 53.6 Å². The number of anilines is 2. The van der Waals surface area contributed by atoms with Crippen molar-refractivity contribution in [2.45, 2.75) is 60.3 Å². The second-order valence-corrected chi connectivity index (χ2v) is 12.3. The van der Waals surface area contributed by atoms with Crippen LogP contribution in [0.4, 0.5) is 11.4 Å². The molecule has 2 aromatic carbocycles. The molecular formula is C32H37Cl2N3O4. The molecule has 2 amide bonds. The number of aliphatic carboxylic acids is 1. The molecule has 0 radical (unpaired) electrons. The van der Waals surface area contributed by atoms with Gasteiger partial charge in [0.15, 0.2) is 0 Å². The van der Waals surface area contributed by atoms with Gasteiger partial charge in [0.05, 0.1) is 21.5 Å². The highest BCUT2D eigenvalue weighted by Gasteiger charge is 2.31. The van der Waals surface area contributed by atoms with Crippen LogP contribution in [0, 0.1) is 11.3 Å². The Labute approximate surface area is 251 Å². The molecular weight excluding hydrogens is 561 g/mol. The minimum Gasteiger partial charge on any atom is -0.481 e. The van der Waals surface area contributed by atoms with Gasteiger partial charge in [0.25, 0.3) is 5.91 Å². The number of carbonyl (C=O) groups excluding carboxylic acids is 2. The minimum absolute atomic E-state index is 0.00287. The molecule has 0 aliphatic rings. The largest absolute Gasteiger partial charge is 0.481 e. The van der Waals surface area contributed by atoms with Gasteiger partial charge in [0, 0.05) is 35.7 Å². The molecule has 0 saturated heterocycles. The van der Waals surface area contributed by atoms with E-state index < -0.39 is 23.2 Å². The molecule has 7 nitrogen and oxygen atoms in total.